The molecule has 166 valence electrons. The molecule has 32 heavy (non-hydrogen) atoms. The largest absolute Gasteiger partial charge is 0.345 e. The predicted octanol–water partition coefficient (Wildman–Crippen LogP) is 3.62. The van der Waals surface area contributed by atoms with Gasteiger partial charge < -0.3 is 14.8 Å². The third-order valence-electron chi connectivity index (χ3n) is 5.60. The predicted molar refractivity (Wildman–Crippen MR) is 125 cm³/mol. The van der Waals surface area contributed by atoms with Gasteiger partial charge in [0.15, 0.2) is 0 Å². The van der Waals surface area contributed by atoms with Crippen LogP contribution >= 0.6 is 11.8 Å². The molecule has 3 heterocycles. The van der Waals surface area contributed by atoms with Crippen molar-refractivity contribution < 1.29 is 14.4 Å². The van der Waals surface area contributed by atoms with E-state index < -0.39 is 11.7 Å². The zero-order chi connectivity index (χ0) is 22.7. The summed E-state index contributed by atoms with van der Waals surface area (Å²) in [6.07, 6.45) is 2.61. The van der Waals surface area contributed by atoms with E-state index in [9.17, 15) is 14.4 Å². The van der Waals surface area contributed by atoms with Crippen LogP contribution in [0.5, 0.6) is 0 Å². The van der Waals surface area contributed by atoms with Gasteiger partial charge in [-0.3, -0.25) is 14.4 Å². The van der Waals surface area contributed by atoms with Crippen molar-refractivity contribution in [1.82, 2.24) is 19.8 Å². The maximum Gasteiger partial charge on any atom is 0.295 e. The molecule has 0 unspecified atom stereocenters. The van der Waals surface area contributed by atoms with Crippen LogP contribution in [0.15, 0.2) is 53.7 Å². The number of thioether (sulfide) groups is 1. The average molecular weight is 451 g/mol. The molecule has 1 fully saturated rings. The number of nitrogens with zero attached hydrogens (tertiary/aromatic N) is 3. The second-order valence-corrected chi connectivity index (χ2v) is 9.01. The fourth-order valence-electron chi connectivity index (χ4n) is 3.91. The van der Waals surface area contributed by atoms with Crippen LogP contribution in [0.4, 0.5) is 0 Å². The number of H-pyrrole nitrogens is 1. The molecule has 0 bridgehead atoms. The number of fused-ring (bicyclic) bond motifs is 1. The number of hydrogen-bond acceptors (Lipinski definition) is 5. The van der Waals surface area contributed by atoms with E-state index in [1.54, 1.807) is 39.9 Å². The molecule has 1 aromatic carbocycles. The Labute approximate surface area is 191 Å². The highest BCUT2D eigenvalue weighted by molar-refractivity contribution is 7.99. The van der Waals surface area contributed by atoms with Gasteiger partial charge in [-0.15, -0.1) is 11.8 Å². The zero-order valence-corrected chi connectivity index (χ0v) is 19.0. The van der Waals surface area contributed by atoms with Crippen LogP contribution in [-0.4, -0.2) is 68.8 Å². The number of benzene rings is 1. The summed E-state index contributed by atoms with van der Waals surface area (Å²) in [6.45, 7) is 5.08. The third-order valence-corrected chi connectivity index (χ3v) is 6.74. The van der Waals surface area contributed by atoms with Gasteiger partial charge in [-0.25, -0.2) is 4.98 Å². The van der Waals surface area contributed by atoms with E-state index in [1.807, 2.05) is 37.3 Å². The SMILES string of the molecule is CCCSc1ccc2c(C(=O)C(=O)N3CCN(C(=O)c4ccccc4)C[C@H]3C)c[nH]c2n1. The van der Waals surface area contributed by atoms with Gasteiger partial charge >= 0.3 is 0 Å². The number of aromatic amines is 1. The summed E-state index contributed by atoms with van der Waals surface area (Å²) < 4.78 is 0. The Morgan fingerprint density at radius 2 is 1.91 bits per heavy atom. The average Bonchev–Trinajstić information content (AvgIpc) is 3.25. The molecule has 1 saturated heterocycles. The van der Waals surface area contributed by atoms with Crippen molar-refractivity contribution >= 4 is 40.4 Å². The van der Waals surface area contributed by atoms with E-state index in [2.05, 4.69) is 16.9 Å². The summed E-state index contributed by atoms with van der Waals surface area (Å²) in [5.41, 5.74) is 1.56. The van der Waals surface area contributed by atoms with Crippen LogP contribution in [-0.2, 0) is 4.79 Å². The Balaban J connectivity index is 1.45. The van der Waals surface area contributed by atoms with Gasteiger partial charge in [0.25, 0.3) is 17.6 Å². The van der Waals surface area contributed by atoms with Crippen LogP contribution in [0.3, 0.4) is 0 Å². The summed E-state index contributed by atoms with van der Waals surface area (Å²) in [7, 11) is 0. The van der Waals surface area contributed by atoms with Crippen molar-refractivity contribution in [3.8, 4) is 0 Å². The number of Topliss-reactive ketones (excluding diaryl/α,β-unsaturated/α-hetero) is 1. The molecule has 3 aromatic rings. The second-order valence-electron chi connectivity index (χ2n) is 7.89. The molecule has 4 rings (SSSR count). The summed E-state index contributed by atoms with van der Waals surface area (Å²) in [6, 6.07) is 12.6. The molecule has 1 aliphatic rings. The van der Waals surface area contributed by atoms with Crippen LogP contribution in [0, 0.1) is 0 Å². The standard InChI is InChI=1S/C24H26N4O3S/c1-3-13-32-20-10-9-18-19(14-25-22(18)26-20)21(29)24(31)28-12-11-27(15-16(28)2)23(30)17-7-5-4-6-8-17/h4-10,14,16H,3,11-13,15H2,1-2H3,(H,25,26)/t16-/m1/s1. The first-order chi connectivity index (χ1) is 15.5. The molecular weight excluding hydrogens is 424 g/mol. The van der Waals surface area contributed by atoms with Crippen molar-refractivity contribution in [1.29, 1.82) is 0 Å². The van der Waals surface area contributed by atoms with Gasteiger partial charge in [0.2, 0.25) is 0 Å². The molecule has 2 aromatic heterocycles. The van der Waals surface area contributed by atoms with Crippen LogP contribution in [0.1, 0.15) is 41.0 Å². The first-order valence-electron chi connectivity index (χ1n) is 10.8. The molecule has 1 N–H and O–H groups in total. The number of aromatic nitrogens is 2. The van der Waals surface area contributed by atoms with Crippen molar-refractivity contribution in [3.05, 3.63) is 59.8 Å². The Morgan fingerprint density at radius 1 is 1.12 bits per heavy atom. The molecule has 2 amide bonds. The number of nitrogens with one attached hydrogen (secondary N) is 1. The molecule has 1 atom stereocenters. The van der Waals surface area contributed by atoms with Crippen LogP contribution in [0.2, 0.25) is 0 Å². The molecule has 0 aliphatic carbocycles. The van der Waals surface area contributed by atoms with Gasteiger partial charge in [-0.2, -0.15) is 0 Å². The van der Waals surface area contributed by atoms with Crippen LogP contribution in [0.25, 0.3) is 11.0 Å². The summed E-state index contributed by atoms with van der Waals surface area (Å²) in [5, 5.41) is 1.54. The third kappa shape index (κ3) is 4.41. The number of ketones is 1. The smallest absolute Gasteiger partial charge is 0.295 e. The molecular formula is C24H26N4O3S. The fourth-order valence-corrected chi connectivity index (χ4v) is 4.65. The second kappa shape index (κ2) is 9.56. The number of piperazine rings is 1. The van der Waals surface area contributed by atoms with E-state index in [0.717, 1.165) is 17.2 Å². The molecule has 7 nitrogen and oxygen atoms in total. The highest BCUT2D eigenvalue weighted by Crippen LogP contribution is 2.24. The van der Waals surface area contributed by atoms with Crippen LogP contribution < -0.4 is 0 Å². The fraction of sp³-hybridized carbons (Fsp3) is 0.333. The minimum absolute atomic E-state index is 0.0599. The van der Waals surface area contributed by atoms with Gasteiger partial charge in [0, 0.05) is 42.8 Å². The normalized spacial score (nSPS) is 16.4. The highest BCUT2D eigenvalue weighted by Gasteiger charge is 2.34. The Kier molecular flexibility index (Phi) is 6.60. The molecule has 0 radical (unpaired) electrons. The zero-order valence-electron chi connectivity index (χ0n) is 18.2. The summed E-state index contributed by atoms with van der Waals surface area (Å²) in [4.78, 5) is 49.7. The van der Waals surface area contributed by atoms with E-state index in [-0.39, 0.29) is 11.9 Å². The summed E-state index contributed by atoms with van der Waals surface area (Å²) >= 11 is 1.66. The van der Waals surface area contributed by atoms with Crippen molar-refractivity contribution in [2.75, 3.05) is 25.4 Å². The monoisotopic (exact) mass is 450 g/mol. The van der Waals surface area contributed by atoms with E-state index in [0.29, 0.717) is 41.8 Å². The highest BCUT2D eigenvalue weighted by atomic mass is 32.2. The number of carbonyl (C=O) groups is 3. The first-order valence-corrected chi connectivity index (χ1v) is 11.8. The van der Waals surface area contributed by atoms with Crippen molar-refractivity contribution in [2.24, 2.45) is 0 Å². The maximum absolute atomic E-state index is 13.0. The molecule has 0 spiro atoms. The Hall–Kier alpha value is -3.13. The lowest BCUT2D eigenvalue weighted by atomic mass is 10.1. The van der Waals surface area contributed by atoms with Crippen molar-refractivity contribution in [2.45, 2.75) is 31.3 Å². The lowest BCUT2D eigenvalue weighted by molar-refractivity contribution is -0.130. The minimum atomic E-state index is -0.554. The number of rotatable bonds is 6. The Bertz CT molecular complexity index is 1140. The molecule has 8 heteroatoms. The van der Waals surface area contributed by atoms with Crippen molar-refractivity contribution in [3.63, 3.8) is 0 Å². The van der Waals surface area contributed by atoms with E-state index in [4.69, 9.17) is 0 Å². The summed E-state index contributed by atoms with van der Waals surface area (Å²) in [5.74, 6) is -0.188. The Morgan fingerprint density at radius 3 is 2.62 bits per heavy atom. The number of amides is 2. The van der Waals surface area contributed by atoms with Gasteiger partial charge in [-0.1, -0.05) is 25.1 Å². The van der Waals surface area contributed by atoms with E-state index in [1.165, 1.54) is 0 Å². The molecule has 0 saturated carbocycles. The topological polar surface area (TPSA) is 86.4 Å². The maximum atomic E-state index is 13.0. The minimum Gasteiger partial charge on any atom is -0.345 e. The quantitative estimate of drug-likeness (QED) is 0.352. The van der Waals surface area contributed by atoms with Gasteiger partial charge in [-0.05, 0) is 43.4 Å². The number of pyridine rings is 1. The number of hydrogen-bond donors (Lipinski definition) is 1. The lowest BCUT2D eigenvalue weighted by Crippen LogP contribution is -2.56. The van der Waals surface area contributed by atoms with Gasteiger partial charge in [0.1, 0.15) is 5.65 Å². The molecule has 1 aliphatic heterocycles. The lowest BCUT2D eigenvalue weighted by Gasteiger charge is -2.39. The first kappa shape index (κ1) is 22.1. The number of carbonyl (C=O) groups excluding carboxylic acids is 3. The van der Waals surface area contributed by atoms with E-state index >= 15 is 0 Å². The van der Waals surface area contributed by atoms with Gasteiger partial charge in [0.05, 0.1) is 10.6 Å².